The molecule has 1 atom stereocenters. The van der Waals surface area contributed by atoms with E-state index >= 15 is 0 Å². The van der Waals surface area contributed by atoms with Crippen molar-refractivity contribution in [2.45, 2.75) is 19.0 Å². The van der Waals surface area contributed by atoms with Crippen molar-refractivity contribution in [2.75, 3.05) is 0 Å². The van der Waals surface area contributed by atoms with E-state index in [2.05, 4.69) is 10.3 Å². The van der Waals surface area contributed by atoms with Crippen molar-refractivity contribution in [3.05, 3.63) is 117 Å². The minimum atomic E-state index is -1.05. The van der Waals surface area contributed by atoms with Crippen LogP contribution in [0.2, 0.25) is 0 Å². The number of benzene rings is 3. The molecule has 0 fully saturated rings. The van der Waals surface area contributed by atoms with E-state index in [0.29, 0.717) is 16.5 Å². The van der Waals surface area contributed by atoms with Gasteiger partial charge in [-0.1, -0.05) is 54.6 Å². The molecule has 1 unspecified atom stereocenters. The average molecular weight is 417 g/mol. The number of hydrogen-bond donors (Lipinski definition) is 2. The van der Waals surface area contributed by atoms with E-state index in [0.717, 1.165) is 10.1 Å². The molecule has 6 nitrogen and oxygen atoms in total. The maximum Gasteiger partial charge on any atom is 0.329 e. The standard InChI is InChI=1S/C24H20FN3O3/c25-18-12-10-17(11-13-18)15-26-22(29)21(14-16-6-2-1-3-7-16)28-23(30)19-8-4-5-9-20(19)27-24(28)31/h1-13,21H,14-15H2,(H,26,29)(H,27,31). The normalized spacial score (nSPS) is 11.9. The molecule has 0 saturated heterocycles. The van der Waals surface area contributed by atoms with Gasteiger partial charge in [-0.15, -0.1) is 0 Å². The van der Waals surface area contributed by atoms with Crippen molar-refractivity contribution in [3.8, 4) is 0 Å². The molecule has 3 aromatic carbocycles. The second-order valence-electron chi connectivity index (χ2n) is 7.20. The number of aromatic nitrogens is 2. The highest BCUT2D eigenvalue weighted by atomic mass is 19.1. The molecule has 7 heteroatoms. The molecule has 0 bridgehead atoms. The summed E-state index contributed by atoms with van der Waals surface area (Å²) >= 11 is 0. The third-order valence-electron chi connectivity index (χ3n) is 5.10. The first-order valence-electron chi connectivity index (χ1n) is 9.82. The van der Waals surface area contributed by atoms with Gasteiger partial charge >= 0.3 is 5.69 Å². The quantitative estimate of drug-likeness (QED) is 0.506. The van der Waals surface area contributed by atoms with E-state index in [1.54, 1.807) is 36.4 Å². The lowest BCUT2D eigenvalue weighted by molar-refractivity contribution is -0.124. The Morgan fingerprint density at radius 3 is 2.32 bits per heavy atom. The zero-order valence-corrected chi connectivity index (χ0v) is 16.5. The van der Waals surface area contributed by atoms with Gasteiger partial charge in [-0.2, -0.15) is 0 Å². The van der Waals surface area contributed by atoms with Crippen LogP contribution in [0.15, 0.2) is 88.5 Å². The van der Waals surface area contributed by atoms with Gasteiger partial charge in [0.2, 0.25) is 5.91 Å². The molecule has 1 amide bonds. The molecule has 156 valence electrons. The fourth-order valence-electron chi connectivity index (χ4n) is 3.51. The Labute approximate surface area is 177 Å². The van der Waals surface area contributed by atoms with Gasteiger partial charge in [-0.3, -0.25) is 9.59 Å². The molecule has 0 aliphatic rings. The number of nitrogens with zero attached hydrogens (tertiary/aromatic N) is 1. The molecule has 4 rings (SSSR count). The number of amides is 1. The van der Waals surface area contributed by atoms with Gasteiger partial charge < -0.3 is 10.3 Å². The summed E-state index contributed by atoms with van der Waals surface area (Å²) in [6.45, 7) is 0.143. The second-order valence-corrected chi connectivity index (χ2v) is 7.20. The summed E-state index contributed by atoms with van der Waals surface area (Å²) in [4.78, 5) is 41.7. The zero-order chi connectivity index (χ0) is 21.8. The SMILES string of the molecule is O=C(NCc1ccc(F)cc1)C(Cc1ccccc1)n1c(=O)[nH]c2ccccc2c1=O. The Balaban J connectivity index is 1.71. The molecule has 0 spiro atoms. The third kappa shape index (κ3) is 4.45. The van der Waals surface area contributed by atoms with E-state index in [9.17, 15) is 18.8 Å². The molecule has 4 aromatic rings. The highest BCUT2D eigenvalue weighted by molar-refractivity contribution is 5.82. The number of H-pyrrole nitrogens is 1. The van der Waals surface area contributed by atoms with Crippen molar-refractivity contribution < 1.29 is 9.18 Å². The Morgan fingerprint density at radius 2 is 1.58 bits per heavy atom. The summed E-state index contributed by atoms with van der Waals surface area (Å²) in [5.41, 5.74) is 0.745. The number of fused-ring (bicyclic) bond motifs is 1. The number of hydrogen-bond acceptors (Lipinski definition) is 3. The first-order chi connectivity index (χ1) is 15.0. The smallest absolute Gasteiger partial charge is 0.329 e. The molecule has 0 aliphatic heterocycles. The van der Waals surface area contributed by atoms with Gasteiger partial charge in [0.15, 0.2) is 0 Å². The number of carbonyl (C=O) groups excluding carboxylic acids is 1. The minimum absolute atomic E-state index is 0.143. The predicted molar refractivity (Wildman–Crippen MR) is 116 cm³/mol. The van der Waals surface area contributed by atoms with Crippen molar-refractivity contribution in [1.82, 2.24) is 14.9 Å². The van der Waals surface area contributed by atoms with Crippen LogP contribution < -0.4 is 16.6 Å². The summed E-state index contributed by atoms with van der Waals surface area (Å²) in [6, 6.07) is 20.5. The topological polar surface area (TPSA) is 84.0 Å². The van der Waals surface area contributed by atoms with Crippen molar-refractivity contribution >= 4 is 16.8 Å². The van der Waals surface area contributed by atoms with Crippen LogP contribution in [0.5, 0.6) is 0 Å². The fourth-order valence-corrected chi connectivity index (χ4v) is 3.51. The van der Waals surface area contributed by atoms with Crippen LogP contribution in [0, 0.1) is 5.82 Å². The van der Waals surface area contributed by atoms with E-state index in [-0.39, 0.29) is 18.8 Å². The predicted octanol–water partition coefficient (Wildman–Crippen LogP) is 2.93. The first kappa shape index (κ1) is 20.3. The lowest BCUT2D eigenvalue weighted by Gasteiger charge is -2.19. The summed E-state index contributed by atoms with van der Waals surface area (Å²) in [5, 5.41) is 3.09. The lowest BCUT2D eigenvalue weighted by atomic mass is 10.0. The fraction of sp³-hybridized carbons (Fsp3) is 0.125. The molecule has 0 saturated carbocycles. The van der Waals surface area contributed by atoms with Crippen LogP contribution in [-0.2, 0) is 17.8 Å². The van der Waals surface area contributed by atoms with Crippen LogP contribution in [-0.4, -0.2) is 15.5 Å². The summed E-state index contributed by atoms with van der Waals surface area (Å²) in [5.74, 6) is -0.845. The maximum atomic E-state index is 13.1. The largest absolute Gasteiger partial charge is 0.350 e. The number of halogens is 1. The van der Waals surface area contributed by atoms with Gasteiger partial charge in [0, 0.05) is 13.0 Å². The average Bonchev–Trinajstić information content (AvgIpc) is 2.78. The number of nitrogens with one attached hydrogen (secondary N) is 2. The highest BCUT2D eigenvalue weighted by Gasteiger charge is 2.25. The second kappa shape index (κ2) is 8.79. The van der Waals surface area contributed by atoms with Gasteiger partial charge in [0.25, 0.3) is 5.56 Å². The van der Waals surface area contributed by atoms with Gasteiger partial charge in [-0.25, -0.2) is 13.8 Å². The molecule has 2 N–H and O–H groups in total. The monoisotopic (exact) mass is 417 g/mol. The number of para-hydroxylation sites is 1. The molecule has 1 heterocycles. The van der Waals surface area contributed by atoms with Gasteiger partial charge in [-0.05, 0) is 35.4 Å². The van der Waals surface area contributed by atoms with Crippen LogP contribution >= 0.6 is 0 Å². The molecule has 1 aromatic heterocycles. The van der Waals surface area contributed by atoms with Crippen LogP contribution in [0.3, 0.4) is 0 Å². The molecular weight excluding hydrogens is 397 g/mol. The summed E-state index contributed by atoms with van der Waals surface area (Å²) in [7, 11) is 0. The van der Waals surface area contributed by atoms with E-state index in [1.807, 2.05) is 30.3 Å². The van der Waals surface area contributed by atoms with Crippen molar-refractivity contribution in [2.24, 2.45) is 0 Å². The Morgan fingerprint density at radius 1 is 0.903 bits per heavy atom. The van der Waals surface area contributed by atoms with Crippen molar-refractivity contribution in [3.63, 3.8) is 0 Å². The first-order valence-corrected chi connectivity index (χ1v) is 9.82. The van der Waals surface area contributed by atoms with Crippen LogP contribution in [0.25, 0.3) is 10.9 Å². The third-order valence-corrected chi connectivity index (χ3v) is 5.10. The van der Waals surface area contributed by atoms with Crippen LogP contribution in [0.4, 0.5) is 4.39 Å². The molecular formula is C24H20FN3O3. The number of rotatable bonds is 6. The number of carbonyl (C=O) groups is 1. The molecule has 0 radical (unpaired) electrons. The van der Waals surface area contributed by atoms with E-state index in [1.165, 1.54) is 12.1 Å². The highest BCUT2D eigenvalue weighted by Crippen LogP contribution is 2.14. The number of aromatic amines is 1. The zero-order valence-electron chi connectivity index (χ0n) is 16.5. The van der Waals surface area contributed by atoms with E-state index < -0.39 is 23.2 Å². The Hall–Kier alpha value is -4.00. The van der Waals surface area contributed by atoms with Gasteiger partial charge in [0.05, 0.1) is 10.9 Å². The van der Waals surface area contributed by atoms with Crippen molar-refractivity contribution in [1.29, 1.82) is 0 Å². The Kier molecular flexibility index (Phi) is 5.75. The summed E-state index contributed by atoms with van der Waals surface area (Å²) < 4.78 is 14.1. The molecule has 0 aliphatic carbocycles. The Bertz CT molecular complexity index is 1330. The molecule has 31 heavy (non-hydrogen) atoms. The lowest BCUT2D eigenvalue weighted by Crippen LogP contribution is -2.45. The summed E-state index contributed by atoms with van der Waals surface area (Å²) in [6.07, 6.45) is 0.164. The van der Waals surface area contributed by atoms with E-state index in [4.69, 9.17) is 0 Å². The minimum Gasteiger partial charge on any atom is -0.350 e. The van der Waals surface area contributed by atoms with Crippen LogP contribution in [0.1, 0.15) is 17.2 Å². The maximum absolute atomic E-state index is 13.1. The van der Waals surface area contributed by atoms with Gasteiger partial charge in [0.1, 0.15) is 11.9 Å².